The summed E-state index contributed by atoms with van der Waals surface area (Å²) in [7, 11) is 0. The minimum absolute atomic E-state index is 0.350. The molecule has 0 saturated heterocycles. The van der Waals surface area contributed by atoms with Crippen molar-refractivity contribution in [3.63, 3.8) is 0 Å². The highest BCUT2D eigenvalue weighted by molar-refractivity contribution is 7.13. The predicted molar refractivity (Wildman–Crippen MR) is 105 cm³/mol. The fourth-order valence-corrected chi connectivity index (χ4v) is 3.00. The van der Waals surface area contributed by atoms with Crippen LogP contribution < -0.4 is 10.6 Å². The molecule has 0 bridgehead atoms. The van der Waals surface area contributed by atoms with Crippen LogP contribution in [0.15, 0.2) is 48.1 Å². The van der Waals surface area contributed by atoms with Crippen LogP contribution in [-0.4, -0.2) is 27.6 Å². The third-order valence-corrected chi connectivity index (χ3v) is 4.90. The first-order valence-corrected chi connectivity index (χ1v) is 9.48. The number of hydrogen-bond acceptors (Lipinski definition) is 6. The molecule has 0 atom stereocenters. The number of aromatic nitrogens is 3. The summed E-state index contributed by atoms with van der Waals surface area (Å²) in [6, 6.07) is 8.53. The smallest absolute Gasteiger partial charge is 0.369 e. The number of anilines is 2. The van der Waals surface area contributed by atoms with Gasteiger partial charge in [0.25, 0.3) is 5.91 Å². The molecule has 0 aliphatic heterocycles. The van der Waals surface area contributed by atoms with Crippen LogP contribution in [-0.2, 0) is 11.6 Å². The third kappa shape index (κ3) is 5.29. The monoisotopic (exact) mass is 421 g/mol. The molecule has 0 saturated carbocycles. The Morgan fingerprint density at radius 2 is 1.90 bits per heavy atom. The topological polar surface area (TPSA) is 79.8 Å². The van der Waals surface area contributed by atoms with Gasteiger partial charge in [-0.3, -0.25) is 10.1 Å². The molecule has 1 amide bonds. The van der Waals surface area contributed by atoms with Gasteiger partial charge in [0.1, 0.15) is 11.3 Å². The third-order valence-electron chi connectivity index (χ3n) is 4.29. The Labute approximate surface area is 169 Å². The van der Waals surface area contributed by atoms with Crippen molar-refractivity contribution in [3.05, 3.63) is 64.8 Å². The van der Waals surface area contributed by atoms with Crippen LogP contribution in [0.3, 0.4) is 0 Å². The van der Waals surface area contributed by atoms with Crippen LogP contribution in [0.1, 0.15) is 35.3 Å². The highest BCUT2D eigenvalue weighted by Crippen LogP contribution is 2.32. The molecule has 1 aromatic carbocycles. The minimum atomic E-state index is -4.38. The van der Waals surface area contributed by atoms with Gasteiger partial charge >= 0.3 is 6.18 Å². The second kappa shape index (κ2) is 8.16. The van der Waals surface area contributed by atoms with E-state index in [-0.39, 0.29) is 5.91 Å². The summed E-state index contributed by atoms with van der Waals surface area (Å²) in [4.78, 5) is 16.3. The Morgan fingerprint density at radius 1 is 1.14 bits per heavy atom. The highest BCUT2D eigenvalue weighted by Gasteiger charge is 2.32. The first-order valence-electron chi connectivity index (χ1n) is 8.60. The SMILES string of the molecule is CC(C)(CNc1ccc(C(=O)Nc2nncs2)cn1)c1cccc(C(F)(F)F)c1. The van der Waals surface area contributed by atoms with E-state index in [1.165, 1.54) is 29.1 Å². The number of amides is 1. The minimum Gasteiger partial charge on any atom is -0.369 e. The molecule has 0 spiro atoms. The summed E-state index contributed by atoms with van der Waals surface area (Å²) in [5.41, 5.74) is 1.17. The van der Waals surface area contributed by atoms with Gasteiger partial charge < -0.3 is 5.32 Å². The lowest BCUT2D eigenvalue weighted by Crippen LogP contribution is -2.28. The van der Waals surface area contributed by atoms with Crippen molar-refractivity contribution in [3.8, 4) is 0 Å². The molecule has 2 aromatic heterocycles. The highest BCUT2D eigenvalue weighted by atomic mass is 32.1. The summed E-state index contributed by atoms with van der Waals surface area (Å²) in [5.74, 6) is 0.155. The van der Waals surface area contributed by atoms with Crippen LogP contribution in [0.5, 0.6) is 0 Å². The maximum absolute atomic E-state index is 13.0. The van der Waals surface area contributed by atoms with Crippen molar-refractivity contribution in [2.45, 2.75) is 25.4 Å². The molecule has 0 aliphatic rings. The van der Waals surface area contributed by atoms with Gasteiger partial charge in [0.05, 0.1) is 11.1 Å². The number of benzene rings is 1. The van der Waals surface area contributed by atoms with Gasteiger partial charge in [-0.15, -0.1) is 10.2 Å². The van der Waals surface area contributed by atoms with E-state index < -0.39 is 17.2 Å². The van der Waals surface area contributed by atoms with Crippen molar-refractivity contribution in [2.24, 2.45) is 0 Å². The summed E-state index contributed by atoms with van der Waals surface area (Å²) >= 11 is 1.20. The second-order valence-electron chi connectivity index (χ2n) is 6.95. The molecule has 0 aliphatic carbocycles. The van der Waals surface area contributed by atoms with Gasteiger partial charge in [0.15, 0.2) is 0 Å². The number of pyridine rings is 1. The van der Waals surface area contributed by atoms with E-state index in [1.54, 1.807) is 18.2 Å². The van der Waals surface area contributed by atoms with Crippen molar-refractivity contribution in [1.29, 1.82) is 0 Å². The van der Waals surface area contributed by atoms with E-state index in [1.807, 2.05) is 13.8 Å². The van der Waals surface area contributed by atoms with E-state index in [2.05, 4.69) is 25.8 Å². The lowest BCUT2D eigenvalue weighted by atomic mass is 9.83. The maximum Gasteiger partial charge on any atom is 0.416 e. The van der Waals surface area contributed by atoms with Crippen LogP contribution >= 0.6 is 11.3 Å². The average molecular weight is 421 g/mol. The lowest BCUT2D eigenvalue weighted by molar-refractivity contribution is -0.137. The lowest BCUT2D eigenvalue weighted by Gasteiger charge is -2.26. The summed E-state index contributed by atoms with van der Waals surface area (Å²) < 4.78 is 38.9. The van der Waals surface area contributed by atoms with E-state index >= 15 is 0 Å². The van der Waals surface area contributed by atoms with Crippen molar-refractivity contribution >= 4 is 28.2 Å². The van der Waals surface area contributed by atoms with Crippen LogP contribution in [0.25, 0.3) is 0 Å². The van der Waals surface area contributed by atoms with Crippen molar-refractivity contribution in [1.82, 2.24) is 15.2 Å². The fourth-order valence-electron chi connectivity index (χ4n) is 2.56. The molecular formula is C19H18F3N5OS. The molecule has 152 valence electrons. The molecule has 2 heterocycles. The molecule has 10 heteroatoms. The van der Waals surface area contributed by atoms with E-state index in [0.29, 0.717) is 28.6 Å². The molecule has 0 unspecified atom stereocenters. The predicted octanol–water partition coefficient (Wildman–Crippen LogP) is 4.59. The van der Waals surface area contributed by atoms with Gasteiger partial charge in [-0.1, -0.05) is 43.4 Å². The number of alkyl halides is 3. The van der Waals surface area contributed by atoms with Gasteiger partial charge in [-0.2, -0.15) is 13.2 Å². The molecule has 0 radical (unpaired) electrons. The summed E-state index contributed by atoms with van der Waals surface area (Å²) in [6.07, 6.45) is -2.97. The molecule has 3 rings (SSSR count). The number of nitrogens with one attached hydrogen (secondary N) is 2. The first-order chi connectivity index (χ1) is 13.6. The van der Waals surface area contributed by atoms with Gasteiger partial charge in [0.2, 0.25) is 5.13 Å². The quantitative estimate of drug-likeness (QED) is 0.608. The van der Waals surface area contributed by atoms with Crippen molar-refractivity contribution < 1.29 is 18.0 Å². The average Bonchev–Trinajstić information content (AvgIpc) is 3.19. The van der Waals surface area contributed by atoms with Crippen molar-refractivity contribution in [2.75, 3.05) is 17.2 Å². The Kier molecular flexibility index (Phi) is 5.83. The number of carbonyl (C=O) groups excluding carboxylic acids is 1. The Hall–Kier alpha value is -3.01. The fraction of sp³-hybridized carbons (Fsp3) is 0.263. The molecule has 0 fully saturated rings. The number of hydrogen-bond donors (Lipinski definition) is 2. The largest absolute Gasteiger partial charge is 0.416 e. The molecule has 3 aromatic rings. The van der Waals surface area contributed by atoms with E-state index in [0.717, 1.165) is 12.1 Å². The Bertz CT molecular complexity index is 972. The Morgan fingerprint density at radius 3 is 2.52 bits per heavy atom. The van der Waals surface area contributed by atoms with Crippen LogP contribution in [0, 0.1) is 0 Å². The first kappa shape index (κ1) is 20.7. The zero-order valence-electron chi connectivity index (χ0n) is 15.6. The van der Waals surface area contributed by atoms with E-state index in [4.69, 9.17) is 0 Å². The molecule has 6 nitrogen and oxygen atoms in total. The summed E-state index contributed by atoms with van der Waals surface area (Å²) in [5, 5.41) is 13.5. The number of nitrogens with zero attached hydrogens (tertiary/aromatic N) is 3. The van der Waals surface area contributed by atoms with E-state index in [9.17, 15) is 18.0 Å². The molecule has 2 N–H and O–H groups in total. The Balaban J connectivity index is 1.64. The van der Waals surface area contributed by atoms with Crippen LogP contribution in [0.2, 0.25) is 0 Å². The van der Waals surface area contributed by atoms with Gasteiger partial charge in [0, 0.05) is 18.2 Å². The van der Waals surface area contributed by atoms with Crippen LogP contribution in [0.4, 0.5) is 24.1 Å². The number of carbonyl (C=O) groups is 1. The van der Waals surface area contributed by atoms with Gasteiger partial charge in [-0.25, -0.2) is 4.98 Å². The second-order valence-corrected chi connectivity index (χ2v) is 7.78. The normalized spacial score (nSPS) is 11.9. The number of rotatable bonds is 6. The standard InChI is InChI=1S/C19H18F3N5OS/c1-18(2,13-4-3-5-14(8-13)19(20,21)22)10-24-15-7-6-12(9-23-15)16(28)26-17-27-25-11-29-17/h3-9,11H,10H2,1-2H3,(H,23,24)(H,26,27,28). The summed E-state index contributed by atoms with van der Waals surface area (Å²) in [6.45, 7) is 4.05. The maximum atomic E-state index is 13.0. The molecular weight excluding hydrogens is 403 g/mol. The molecule has 29 heavy (non-hydrogen) atoms. The zero-order valence-corrected chi connectivity index (χ0v) is 16.4. The zero-order chi connectivity index (χ0) is 21.1. The number of halogens is 3. The van der Waals surface area contributed by atoms with Gasteiger partial charge in [-0.05, 0) is 23.8 Å².